The van der Waals surface area contributed by atoms with Crippen LogP contribution in [0.5, 0.6) is 0 Å². The highest BCUT2D eigenvalue weighted by Crippen LogP contribution is 2.48. The van der Waals surface area contributed by atoms with Gasteiger partial charge in [-0.25, -0.2) is 0 Å². The molecule has 7 heteroatoms. The molecule has 0 saturated carbocycles. The highest BCUT2D eigenvalue weighted by atomic mass is 16.6. The Labute approximate surface area is 134 Å². The Morgan fingerprint density at radius 3 is 2.39 bits per heavy atom. The summed E-state index contributed by atoms with van der Waals surface area (Å²) >= 11 is 0. The third-order valence-electron chi connectivity index (χ3n) is 5.17. The van der Waals surface area contributed by atoms with Gasteiger partial charge in [0, 0.05) is 18.4 Å². The minimum Gasteiger partial charge on any atom is -0.486 e. The fourth-order valence-electron chi connectivity index (χ4n) is 3.56. The van der Waals surface area contributed by atoms with E-state index < -0.39 is 47.0 Å². The van der Waals surface area contributed by atoms with Crippen LogP contribution in [0.3, 0.4) is 0 Å². The molecule has 3 aliphatic rings. The molecule has 2 aliphatic heterocycles. The van der Waals surface area contributed by atoms with Gasteiger partial charge in [0.1, 0.15) is 23.1 Å². The number of ketones is 1. The minimum absolute atomic E-state index is 0.00375. The van der Waals surface area contributed by atoms with Crippen LogP contribution in [-0.2, 0) is 14.3 Å². The Bertz CT molecular complexity index is 573. The molecule has 0 bridgehead atoms. The predicted molar refractivity (Wildman–Crippen MR) is 78.4 cm³/mol. The number of rotatable bonds is 1. The van der Waals surface area contributed by atoms with E-state index in [-0.39, 0.29) is 24.2 Å². The smallest absolute Gasteiger partial charge is 0.194 e. The molecular formula is C16H24O7. The number of aliphatic hydroxyl groups excluding tert-OH is 2. The van der Waals surface area contributed by atoms with Crippen LogP contribution in [0.2, 0.25) is 0 Å². The lowest BCUT2D eigenvalue weighted by Crippen LogP contribution is -2.59. The number of ether oxygens (including phenoxy) is 2. The third-order valence-corrected chi connectivity index (χ3v) is 5.17. The van der Waals surface area contributed by atoms with Gasteiger partial charge in [0.15, 0.2) is 11.9 Å². The van der Waals surface area contributed by atoms with Gasteiger partial charge >= 0.3 is 0 Å². The van der Waals surface area contributed by atoms with Crippen LogP contribution >= 0.6 is 0 Å². The SMILES string of the molecule is CC(C)(O)[C@H]1C[C@]2(O)[C@H](CC3=C(OC(C)(C)[C@@H](O)C3=O)[C@@H]2O)O1. The van der Waals surface area contributed by atoms with E-state index in [0.717, 1.165) is 0 Å². The van der Waals surface area contributed by atoms with Crippen LogP contribution < -0.4 is 0 Å². The summed E-state index contributed by atoms with van der Waals surface area (Å²) in [5.41, 5.74) is -3.87. The second-order valence-electron chi connectivity index (χ2n) is 7.88. The van der Waals surface area contributed by atoms with Gasteiger partial charge in [0.25, 0.3) is 0 Å². The number of carbonyl (C=O) groups excluding carboxylic acids is 1. The van der Waals surface area contributed by atoms with Crippen molar-refractivity contribution in [3.63, 3.8) is 0 Å². The monoisotopic (exact) mass is 328 g/mol. The summed E-state index contributed by atoms with van der Waals surface area (Å²) < 4.78 is 11.4. The number of hydrogen-bond donors (Lipinski definition) is 4. The first-order valence-electron chi connectivity index (χ1n) is 7.80. The fourth-order valence-corrected chi connectivity index (χ4v) is 3.56. The number of carbonyl (C=O) groups is 1. The van der Waals surface area contributed by atoms with Gasteiger partial charge in [-0.1, -0.05) is 0 Å². The van der Waals surface area contributed by atoms with Crippen molar-refractivity contribution in [3.8, 4) is 0 Å². The fraction of sp³-hybridized carbons (Fsp3) is 0.812. The van der Waals surface area contributed by atoms with Crippen LogP contribution in [0.25, 0.3) is 0 Å². The molecule has 0 aromatic carbocycles. The number of Topliss-reactive ketones (excluding diaryl/α,β-unsaturated/α-hetero) is 1. The van der Waals surface area contributed by atoms with E-state index in [2.05, 4.69) is 0 Å². The molecule has 0 spiro atoms. The predicted octanol–water partition coefficient (Wildman–Crippen LogP) is -0.597. The maximum atomic E-state index is 12.4. The van der Waals surface area contributed by atoms with Crippen LogP contribution in [0, 0.1) is 0 Å². The average molecular weight is 328 g/mol. The Balaban J connectivity index is 1.98. The van der Waals surface area contributed by atoms with Gasteiger partial charge < -0.3 is 29.9 Å². The quantitative estimate of drug-likeness (QED) is 0.508. The summed E-state index contributed by atoms with van der Waals surface area (Å²) in [6.45, 7) is 6.22. The molecule has 130 valence electrons. The molecule has 0 unspecified atom stereocenters. The zero-order chi connectivity index (χ0) is 17.4. The lowest BCUT2D eigenvalue weighted by Gasteiger charge is -2.46. The van der Waals surface area contributed by atoms with Crippen LogP contribution in [0.1, 0.15) is 40.5 Å². The molecule has 1 fully saturated rings. The summed E-state index contributed by atoms with van der Waals surface area (Å²) in [5.74, 6) is -0.517. The first-order chi connectivity index (χ1) is 10.4. The van der Waals surface area contributed by atoms with Crippen LogP contribution in [0.4, 0.5) is 0 Å². The van der Waals surface area contributed by atoms with Gasteiger partial charge in [0.05, 0.1) is 17.8 Å². The van der Waals surface area contributed by atoms with E-state index in [0.29, 0.717) is 0 Å². The highest BCUT2D eigenvalue weighted by molar-refractivity contribution is 6.01. The number of fused-ring (bicyclic) bond motifs is 1. The van der Waals surface area contributed by atoms with E-state index in [1.165, 1.54) is 0 Å². The largest absolute Gasteiger partial charge is 0.486 e. The van der Waals surface area contributed by atoms with Gasteiger partial charge in [-0.2, -0.15) is 0 Å². The van der Waals surface area contributed by atoms with Gasteiger partial charge in [-0.3, -0.25) is 4.79 Å². The summed E-state index contributed by atoms with van der Waals surface area (Å²) in [6.07, 6.45) is -4.25. The molecule has 5 atom stereocenters. The third kappa shape index (κ3) is 2.34. The molecule has 0 aromatic heterocycles. The van der Waals surface area contributed by atoms with Crippen molar-refractivity contribution in [1.29, 1.82) is 0 Å². The van der Waals surface area contributed by atoms with Crippen LogP contribution in [-0.4, -0.2) is 67.4 Å². The van der Waals surface area contributed by atoms with E-state index in [1.54, 1.807) is 27.7 Å². The summed E-state index contributed by atoms with van der Waals surface area (Å²) in [5, 5.41) is 41.7. The second kappa shape index (κ2) is 4.77. The Hall–Kier alpha value is -0.990. The van der Waals surface area contributed by atoms with Crippen molar-refractivity contribution >= 4 is 5.78 Å². The zero-order valence-corrected chi connectivity index (χ0v) is 13.7. The standard InChI is InChI=1S/C16H24O7/c1-14(2,20)9-6-16(21)8(22-9)5-7-10(17)12(18)15(3,4)23-11(7)13(16)19/h8-9,12-13,18-21H,5-6H2,1-4H3/t8-,9+,12-,13-,16-/m0/s1. The highest BCUT2D eigenvalue weighted by Gasteiger charge is 2.62. The molecule has 0 aromatic rings. The molecule has 4 N–H and O–H groups in total. The normalized spacial score (nSPS) is 43.0. The molecule has 2 heterocycles. The van der Waals surface area contributed by atoms with Gasteiger partial charge in [0.2, 0.25) is 0 Å². The summed E-state index contributed by atoms with van der Waals surface area (Å²) in [7, 11) is 0. The van der Waals surface area contributed by atoms with E-state index in [1.807, 2.05) is 0 Å². The zero-order valence-electron chi connectivity index (χ0n) is 13.7. The Kier molecular flexibility index (Phi) is 3.49. The van der Waals surface area contributed by atoms with E-state index >= 15 is 0 Å². The molecule has 1 saturated heterocycles. The van der Waals surface area contributed by atoms with Crippen molar-refractivity contribution < 1.29 is 34.7 Å². The number of aliphatic hydroxyl groups is 4. The average Bonchev–Trinajstić information content (AvgIpc) is 2.77. The maximum absolute atomic E-state index is 12.4. The Morgan fingerprint density at radius 1 is 1.22 bits per heavy atom. The van der Waals surface area contributed by atoms with Gasteiger partial charge in [-0.15, -0.1) is 0 Å². The molecule has 0 radical (unpaired) electrons. The molecule has 7 nitrogen and oxygen atoms in total. The van der Waals surface area contributed by atoms with Crippen molar-refractivity contribution in [2.24, 2.45) is 0 Å². The van der Waals surface area contributed by atoms with Crippen molar-refractivity contribution in [2.45, 2.75) is 81.8 Å². The van der Waals surface area contributed by atoms with Crippen LogP contribution in [0.15, 0.2) is 11.3 Å². The summed E-state index contributed by atoms with van der Waals surface area (Å²) in [6, 6.07) is 0. The lowest BCUT2D eigenvalue weighted by atomic mass is 9.73. The van der Waals surface area contributed by atoms with E-state index in [9.17, 15) is 25.2 Å². The lowest BCUT2D eigenvalue weighted by molar-refractivity contribution is -0.173. The number of hydrogen-bond acceptors (Lipinski definition) is 7. The molecule has 3 rings (SSSR count). The van der Waals surface area contributed by atoms with Gasteiger partial charge in [-0.05, 0) is 27.7 Å². The maximum Gasteiger partial charge on any atom is 0.194 e. The first kappa shape index (κ1) is 16.9. The summed E-state index contributed by atoms with van der Waals surface area (Å²) in [4.78, 5) is 12.4. The topological polar surface area (TPSA) is 116 Å². The Morgan fingerprint density at radius 2 is 1.83 bits per heavy atom. The first-order valence-corrected chi connectivity index (χ1v) is 7.80. The molecule has 23 heavy (non-hydrogen) atoms. The van der Waals surface area contributed by atoms with Crippen molar-refractivity contribution in [2.75, 3.05) is 0 Å². The molecule has 1 aliphatic carbocycles. The molecular weight excluding hydrogens is 304 g/mol. The van der Waals surface area contributed by atoms with Crippen molar-refractivity contribution in [3.05, 3.63) is 11.3 Å². The minimum atomic E-state index is -1.64. The van der Waals surface area contributed by atoms with Crippen molar-refractivity contribution in [1.82, 2.24) is 0 Å². The second-order valence-corrected chi connectivity index (χ2v) is 7.88. The van der Waals surface area contributed by atoms with E-state index in [4.69, 9.17) is 9.47 Å². The molecule has 0 amide bonds.